The molecule has 2 aromatic heterocycles. The van der Waals surface area contributed by atoms with Crippen LogP contribution in [0.25, 0.3) is 11.0 Å². The molecule has 31 heavy (non-hydrogen) atoms. The van der Waals surface area contributed by atoms with Gasteiger partial charge >= 0.3 is 5.97 Å². The van der Waals surface area contributed by atoms with Gasteiger partial charge in [-0.25, -0.2) is 9.78 Å². The molecule has 0 bridgehead atoms. The quantitative estimate of drug-likeness (QED) is 0.289. The summed E-state index contributed by atoms with van der Waals surface area (Å²) < 4.78 is 12.6. The molecule has 0 spiro atoms. The summed E-state index contributed by atoms with van der Waals surface area (Å²) in [5, 5.41) is 0.865. The van der Waals surface area contributed by atoms with E-state index in [2.05, 4.69) is 15.6 Å². The Balaban J connectivity index is 1.68. The maximum Gasteiger partial charge on any atom is 0.338 e. The molecule has 4 rings (SSSR count). The fourth-order valence-corrected chi connectivity index (χ4v) is 4.23. The summed E-state index contributed by atoms with van der Waals surface area (Å²) in [7, 11) is 1.67. The first kappa shape index (κ1) is 20.9. The number of ether oxygens (including phenoxy) is 2. The Bertz CT molecular complexity index is 1190. The Hall–Kier alpha value is -3.32. The first-order chi connectivity index (χ1) is 15.2. The molecular weight excluding hydrogens is 410 g/mol. The van der Waals surface area contributed by atoms with Crippen LogP contribution < -0.4 is 4.74 Å². The van der Waals surface area contributed by atoms with Crippen LogP contribution in [-0.2, 0) is 17.0 Å². The second-order valence-electron chi connectivity index (χ2n) is 6.87. The van der Waals surface area contributed by atoms with Crippen molar-refractivity contribution in [1.82, 2.24) is 14.5 Å². The van der Waals surface area contributed by atoms with Crippen molar-refractivity contribution in [2.24, 2.45) is 0 Å². The van der Waals surface area contributed by atoms with Gasteiger partial charge in [0.15, 0.2) is 5.16 Å². The van der Waals surface area contributed by atoms with Gasteiger partial charge in [0.05, 0.1) is 42.6 Å². The van der Waals surface area contributed by atoms with Gasteiger partial charge in [-0.05, 0) is 55.0 Å². The standard InChI is InChI=1S/C24H23N3O3S/c1-3-30-23(28)18-10-11-22-21(14-18)26-24(27(22)15-19-8-4-5-12-25-19)31-16-17-7-6-9-20(13-17)29-2/h4-14H,3,15-16H2,1-2H3. The van der Waals surface area contributed by atoms with E-state index in [1.165, 1.54) is 0 Å². The van der Waals surface area contributed by atoms with Gasteiger partial charge in [-0.1, -0.05) is 30.0 Å². The van der Waals surface area contributed by atoms with Crippen LogP contribution in [0.1, 0.15) is 28.5 Å². The number of methoxy groups -OCH3 is 1. The smallest absolute Gasteiger partial charge is 0.338 e. The van der Waals surface area contributed by atoms with E-state index in [0.29, 0.717) is 18.7 Å². The minimum atomic E-state index is -0.339. The third-order valence-corrected chi connectivity index (χ3v) is 5.82. The number of carbonyl (C=O) groups is 1. The number of esters is 1. The second kappa shape index (κ2) is 9.66. The Kier molecular flexibility index (Phi) is 6.52. The summed E-state index contributed by atoms with van der Waals surface area (Å²) in [5.41, 5.74) is 4.30. The zero-order valence-corrected chi connectivity index (χ0v) is 18.3. The minimum Gasteiger partial charge on any atom is -0.497 e. The topological polar surface area (TPSA) is 66.2 Å². The molecule has 4 aromatic rings. The van der Waals surface area contributed by atoms with Gasteiger partial charge in [0, 0.05) is 11.9 Å². The molecule has 0 saturated carbocycles. The molecule has 2 heterocycles. The van der Waals surface area contributed by atoms with Crippen LogP contribution >= 0.6 is 11.8 Å². The minimum absolute atomic E-state index is 0.339. The van der Waals surface area contributed by atoms with E-state index in [1.54, 1.807) is 44.1 Å². The third-order valence-electron chi connectivity index (χ3n) is 4.77. The molecule has 0 aliphatic heterocycles. The number of hydrogen-bond donors (Lipinski definition) is 0. The number of rotatable bonds is 8. The van der Waals surface area contributed by atoms with Gasteiger partial charge in [0.2, 0.25) is 0 Å². The number of hydrogen-bond acceptors (Lipinski definition) is 6. The molecule has 2 aromatic carbocycles. The third kappa shape index (κ3) is 4.88. The number of imidazole rings is 1. The first-order valence-electron chi connectivity index (χ1n) is 10.0. The molecule has 0 N–H and O–H groups in total. The van der Waals surface area contributed by atoms with Crippen LogP contribution in [0.5, 0.6) is 5.75 Å². The van der Waals surface area contributed by atoms with Gasteiger partial charge in [0.25, 0.3) is 0 Å². The molecule has 0 fully saturated rings. The normalized spacial score (nSPS) is 10.9. The van der Waals surface area contributed by atoms with Crippen LogP contribution in [0.2, 0.25) is 0 Å². The van der Waals surface area contributed by atoms with Gasteiger partial charge in [0.1, 0.15) is 5.75 Å². The fourth-order valence-electron chi connectivity index (χ4n) is 3.28. The molecule has 0 unspecified atom stereocenters. The summed E-state index contributed by atoms with van der Waals surface area (Å²) in [5.74, 6) is 1.24. The summed E-state index contributed by atoms with van der Waals surface area (Å²) in [6.07, 6.45) is 1.79. The Labute approximate surface area is 185 Å². The number of benzene rings is 2. The lowest BCUT2D eigenvalue weighted by atomic mass is 10.2. The van der Waals surface area contributed by atoms with Crippen molar-refractivity contribution in [3.63, 3.8) is 0 Å². The predicted molar refractivity (Wildman–Crippen MR) is 122 cm³/mol. The molecule has 0 saturated heterocycles. The van der Waals surface area contributed by atoms with E-state index in [0.717, 1.165) is 38.9 Å². The largest absolute Gasteiger partial charge is 0.497 e. The summed E-state index contributed by atoms with van der Waals surface area (Å²) >= 11 is 1.64. The van der Waals surface area contributed by atoms with Crippen molar-refractivity contribution < 1.29 is 14.3 Å². The summed E-state index contributed by atoms with van der Waals surface area (Å²) in [6.45, 7) is 2.73. The van der Waals surface area contributed by atoms with Crippen molar-refractivity contribution >= 4 is 28.8 Å². The van der Waals surface area contributed by atoms with Crippen molar-refractivity contribution in [2.75, 3.05) is 13.7 Å². The van der Waals surface area contributed by atoms with Gasteiger partial charge < -0.3 is 14.0 Å². The van der Waals surface area contributed by atoms with Crippen molar-refractivity contribution in [2.45, 2.75) is 24.4 Å². The fraction of sp³-hybridized carbons (Fsp3) is 0.208. The number of carbonyl (C=O) groups excluding carboxylic acids is 1. The van der Waals surface area contributed by atoms with Crippen molar-refractivity contribution in [1.29, 1.82) is 0 Å². The molecule has 0 atom stereocenters. The van der Waals surface area contributed by atoms with E-state index in [4.69, 9.17) is 14.5 Å². The highest BCUT2D eigenvalue weighted by atomic mass is 32.2. The number of thioether (sulfide) groups is 1. The van der Waals surface area contributed by atoms with Crippen molar-refractivity contribution in [3.05, 3.63) is 83.7 Å². The summed E-state index contributed by atoms with van der Waals surface area (Å²) in [6, 6.07) is 19.4. The lowest BCUT2D eigenvalue weighted by Crippen LogP contribution is -2.05. The lowest BCUT2D eigenvalue weighted by molar-refractivity contribution is 0.0526. The van der Waals surface area contributed by atoms with Gasteiger partial charge in [-0.3, -0.25) is 4.98 Å². The molecule has 7 heteroatoms. The van der Waals surface area contributed by atoms with E-state index in [9.17, 15) is 4.79 Å². The van der Waals surface area contributed by atoms with E-state index >= 15 is 0 Å². The zero-order valence-electron chi connectivity index (χ0n) is 17.4. The molecule has 158 valence electrons. The van der Waals surface area contributed by atoms with Crippen LogP contribution in [0, 0.1) is 0 Å². The van der Waals surface area contributed by atoms with Crippen LogP contribution in [0.15, 0.2) is 72.0 Å². The van der Waals surface area contributed by atoms with E-state index in [-0.39, 0.29) is 5.97 Å². The number of pyridine rings is 1. The van der Waals surface area contributed by atoms with Crippen LogP contribution in [0.4, 0.5) is 0 Å². The maximum absolute atomic E-state index is 12.2. The van der Waals surface area contributed by atoms with Gasteiger partial charge in [-0.2, -0.15) is 0 Å². The Morgan fingerprint density at radius 3 is 2.77 bits per heavy atom. The van der Waals surface area contributed by atoms with E-state index in [1.807, 2.05) is 42.5 Å². The Morgan fingerprint density at radius 1 is 1.10 bits per heavy atom. The average molecular weight is 434 g/mol. The maximum atomic E-state index is 12.2. The van der Waals surface area contributed by atoms with Crippen LogP contribution in [-0.4, -0.2) is 34.2 Å². The number of fused-ring (bicyclic) bond motifs is 1. The molecule has 0 aliphatic carbocycles. The van der Waals surface area contributed by atoms with Gasteiger partial charge in [-0.15, -0.1) is 0 Å². The molecule has 0 amide bonds. The molecule has 0 aliphatic rings. The number of nitrogens with zero attached hydrogens (tertiary/aromatic N) is 3. The summed E-state index contributed by atoms with van der Waals surface area (Å²) in [4.78, 5) is 21.5. The zero-order chi connectivity index (χ0) is 21.6. The monoisotopic (exact) mass is 433 g/mol. The number of aromatic nitrogens is 3. The van der Waals surface area contributed by atoms with Crippen LogP contribution in [0.3, 0.4) is 0 Å². The van der Waals surface area contributed by atoms with Crippen molar-refractivity contribution in [3.8, 4) is 5.75 Å². The average Bonchev–Trinajstić information content (AvgIpc) is 3.15. The van der Waals surface area contributed by atoms with E-state index < -0.39 is 0 Å². The first-order valence-corrected chi connectivity index (χ1v) is 11.0. The molecule has 6 nitrogen and oxygen atoms in total. The highest BCUT2D eigenvalue weighted by Crippen LogP contribution is 2.29. The Morgan fingerprint density at radius 2 is 2.00 bits per heavy atom. The highest BCUT2D eigenvalue weighted by Gasteiger charge is 2.15. The molecular formula is C24H23N3O3S. The second-order valence-corrected chi connectivity index (χ2v) is 7.81. The SMILES string of the molecule is CCOC(=O)c1ccc2c(c1)nc(SCc1cccc(OC)c1)n2Cc1ccccn1. The lowest BCUT2D eigenvalue weighted by Gasteiger charge is -2.09. The highest BCUT2D eigenvalue weighted by molar-refractivity contribution is 7.98. The molecule has 0 radical (unpaired) electrons. The predicted octanol–water partition coefficient (Wildman–Crippen LogP) is 4.96.